The van der Waals surface area contributed by atoms with Crippen molar-refractivity contribution in [3.63, 3.8) is 0 Å². The van der Waals surface area contributed by atoms with E-state index in [0.29, 0.717) is 17.8 Å². The van der Waals surface area contributed by atoms with E-state index in [4.69, 9.17) is 9.52 Å². The van der Waals surface area contributed by atoms with E-state index in [-0.39, 0.29) is 5.76 Å². The molecular weight excluding hydrogens is 206 g/mol. The predicted octanol–water partition coefficient (Wildman–Crippen LogP) is 2.60. The van der Waals surface area contributed by atoms with Crippen LogP contribution in [-0.2, 0) is 0 Å². The summed E-state index contributed by atoms with van der Waals surface area (Å²) in [6.45, 7) is 5.32. The molecule has 2 unspecified atom stereocenters. The highest BCUT2D eigenvalue weighted by Gasteiger charge is 2.27. The first-order chi connectivity index (χ1) is 7.59. The number of anilines is 1. The van der Waals surface area contributed by atoms with Gasteiger partial charge in [-0.3, -0.25) is 0 Å². The van der Waals surface area contributed by atoms with Gasteiger partial charge >= 0.3 is 5.97 Å². The van der Waals surface area contributed by atoms with Crippen molar-refractivity contribution in [1.82, 2.24) is 0 Å². The molecule has 2 atom stereocenters. The Morgan fingerprint density at radius 3 is 2.88 bits per heavy atom. The first kappa shape index (κ1) is 11.0. The van der Waals surface area contributed by atoms with Crippen molar-refractivity contribution >= 4 is 11.9 Å². The van der Waals surface area contributed by atoms with Crippen LogP contribution in [0.5, 0.6) is 0 Å². The Labute approximate surface area is 94.9 Å². The number of hydrogen-bond acceptors (Lipinski definition) is 3. The summed E-state index contributed by atoms with van der Waals surface area (Å²) in [6, 6.07) is 3.67. The second-order valence-corrected chi connectivity index (χ2v) is 4.50. The summed E-state index contributed by atoms with van der Waals surface area (Å²) in [5.74, 6) is 0.299. The highest BCUT2D eigenvalue weighted by Crippen LogP contribution is 2.29. The lowest BCUT2D eigenvalue weighted by molar-refractivity contribution is 0.0662. The van der Waals surface area contributed by atoms with Crippen LogP contribution in [0.3, 0.4) is 0 Å². The number of carbonyl (C=O) groups is 1. The summed E-state index contributed by atoms with van der Waals surface area (Å²) in [5, 5.41) is 8.80. The number of carboxylic acids is 1. The number of hydrogen-bond donors (Lipinski definition) is 1. The van der Waals surface area contributed by atoms with Gasteiger partial charge in [0, 0.05) is 18.7 Å². The van der Waals surface area contributed by atoms with Gasteiger partial charge in [0.05, 0.1) is 0 Å². The zero-order valence-electron chi connectivity index (χ0n) is 9.64. The maximum atomic E-state index is 10.7. The van der Waals surface area contributed by atoms with Crippen LogP contribution < -0.4 is 4.90 Å². The van der Waals surface area contributed by atoms with Gasteiger partial charge in [0.25, 0.3) is 0 Å². The largest absolute Gasteiger partial charge is 0.475 e. The molecule has 1 fully saturated rings. The summed E-state index contributed by atoms with van der Waals surface area (Å²) in [4.78, 5) is 12.9. The summed E-state index contributed by atoms with van der Waals surface area (Å²) < 4.78 is 5.33. The van der Waals surface area contributed by atoms with Gasteiger partial charge in [0.1, 0.15) is 0 Å². The van der Waals surface area contributed by atoms with E-state index in [1.807, 2.05) is 0 Å². The van der Waals surface area contributed by atoms with Gasteiger partial charge in [-0.2, -0.15) is 0 Å². The molecule has 1 saturated heterocycles. The average Bonchev–Trinajstić information content (AvgIpc) is 2.71. The standard InChI is InChI=1S/C12H17NO3/c1-8-4-3-7-13(9(8)2)11-6-5-10(16-11)12(14)15/h5-6,8-9H,3-4,7H2,1-2H3,(H,14,15). The lowest BCUT2D eigenvalue weighted by Gasteiger charge is -2.37. The fraction of sp³-hybridized carbons (Fsp3) is 0.583. The number of rotatable bonds is 2. The monoisotopic (exact) mass is 223 g/mol. The van der Waals surface area contributed by atoms with Crippen LogP contribution in [0, 0.1) is 5.92 Å². The molecule has 4 nitrogen and oxygen atoms in total. The molecule has 0 radical (unpaired) electrons. The third-order valence-electron chi connectivity index (χ3n) is 3.46. The number of aromatic carboxylic acids is 1. The highest BCUT2D eigenvalue weighted by molar-refractivity contribution is 5.84. The Balaban J connectivity index is 2.19. The molecule has 1 aliphatic heterocycles. The molecule has 0 saturated carbocycles. The maximum absolute atomic E-state index is 10.7. The topological polar surface area (TPSA) is 53.7 Å². The minimum atomic E-state index is -1.01. The smallest absolute Gasteiger partial charge is 0.371 e. The fourth-order valence-electron chi connectivity index (χ4n) is 2.24. The molecule has 1 aliphatic rings. The van der Waals surface area contributed by atoms with E-state index in [0.717, 1.165) is 13.0 Å². The van der Waals surface area contributed by atoms with Crippen LogP contribution in [0.2, 0.25) is 0 Å². The summed E-state index contributed by atoms with van der Waals surface area (Å²) in [7, 11) is 0. The van der Waals surface area contributed by atoms with E-state index in [1.54, 1.807) is 6.07 Å². The van der Waals surface area contributed by atoms with Crippen LogP contribution in [0.25, 0.3) is 0 Å². The predicted molar refractivity (Wildman–Crippen MR) is 60.9 cm³/mol. The van der Waals surface area contributed by atoms with Crippen LogP contribution in [0.4, 0.5) is 5.88 Å². The minimum absolute atomic E-state index is 0.0143. The first-order valence-corrected chi connectivity index (χ1v) is 5.69. The van der Waals surface area contributed by atoms with Crippen LogP contribution in [-0.4, -0.2) is 23.7 Å². The summed E-state index contributed by atoms with van der Waals surface area (Å²) in [5.41, 5.74) is 0. The van der Waals surface area contributed by atoms with Crippen molar-refractivity contribution in [2.24, 2.45) is 5.92 Å². The molecule has 2 rings (SSSR count). The molecule has 1 aromatic rings. The molecule has 4 heteroatoms. The third-order valence-corrected chi connectivity index (χ3v) is 3.46. The zero-order chi connectivity index (χ0) is 11.7. The minimum Gasteiger partial charge on any atom is -0.475 e. The van der Waals surface area contributed by atoms with Crippen molar-refractivity contribution in [2.75, 3.05) is 11.4 Å². The Kier molecular flexibility index (Phi) is 2.90. The SMILES string of the molecule is CC1CCCN(c2ccc(C(=O)O)o2)C1C. The van der Waals surface area contributed by atoms with Gasteiger partial charge in [-0.25, -0.2) is 4.79 Å². The van der Waals surface area contributed by atoms with Crippen molar-refractivity contribution in [3.8, 4) is 0 Å². The summed E-state index contributed by atoms with van der Waals surface area (Å²) in [6.07, 6.45) is 2.36. The zero-order valence-corrected chi connectivity index (χ0v) is 9.64. The van der Waals surface area contributed by atoms with Crippen LogP contribution in [0.15, 0.2) is 16.5 Å². The van der Waals surface area contributed by atoms with Crippen LogP contribution >= 0.6 is 0 Å². The van der Waals surface area contributed by atoms with E-state index in [9.17, 15) is 4.79 Å². The van der Waals surface area contributed by atoms with Gasteiger partial charge in [-0.15, -0.1) is 0 Å². The molecule has 88 valence electrons. The van der Waals surface area contributed by atoms with Gasteiger partial charge in [0.15, 0.2) is 5.88 Å². The Hall–Kier alpha value is -1.45. The van der Waals surface area contributed by atoms with E-state index in [1.165, 1.54) is 12.5 Å². The van der Waals surface area contributed by atoms with Gasteiger partial charge in [0.2, 0.25) is 5.76 Å². The molecule has 1 aromatic heterocycles. The molecule has 16 heavy (non-hydrogen) atoms. The van der Waals surface area contributed by atoms with Crippen molar-refractivity contribution in [1.29, 1.82) is 0 Å². The van der Waals surface area contributed by atoms with Crippen molar-refractivity contribution < 1.29 is 14.3 Å². The number of nitrogens with zero attached hydrogens (tertiary/aromatic N) is 1. The molecule has 0 bridgehead atoms. The Bertz CT molecular complexity index is 385. The quantitative estimate of drug-likeness (QED) is 0.837. The molecule has 0 amide bonds. The van der Waals surface area contributed by atoms with Crippen molar-refractivity contribution in [3.05, 3.63) is 17.9 Å². The number of carboxylic acid groups (broad SMARTS) is 1. The number of furan rings is 1. The molecule has 0 aromatic carbocycles. The molecular formula is C12H17NO3. The lowest BCUT2D eigenvalue weighted by Crippen LogP contribution is -2.42. The number of piperidine rings is 1. The molecule has 0 aliphatic carbocycles. The third kappa shape index (κ3) is 1.92. The normalized spacial score (nSPS) is 25.8. The van der Waals surface area contributed by atoms with E-state index < -0.39 is 5.97 Å². The molecule has 1 N–H and O–H groups in total. The lowest BCUT2D eigenvalue weighted by atomic mass is 9.92. The highest BCUT2D eigenvalue weighted by atomic mass is 16.4. The first-order valence-electron chi connectivity index (χ1n) is 5.69. The Morgan fingerprint density at radius 1 is 1.50 bits per heavy atom. The van der Waals surface area contributed by atoms with Gasteiger partial charge in [-0.05, 0) is 31.7 Å². The van der Waals surface area contributed by atoms with E-state index in [2.05, 4.69) is 18.7 Å². The average molecular weight is 223 g/mol. The van der Waals surface area contributed by atoms with Gasteiger partial charge in [-0.1, -0.05) is 6.92 Å². The fourth-order valence-corrected chi connectivity index (χ4v) is 2.24. The Morgan fingerprint density at radius 2 is 2.25 bits per heavy atom. The molecule has 2 heterocycles. The van der Waals surface area contributed by atoms with Crippen LogP contribution in [0.1, 0.15) is 37.2 Å². The summed E-state index contributed by atoms with van der Waals surface area (Å²) >= 11 is 0. The van der Waals surface area contributed by atoms with E-state index >= 15 is 0 Å². The maximum Gasteiger partial charge on any atom is 0.371 e. The molecule has 0 spiro atoms. The van der Waals surface area contributed by atoms with Crippen molar-refractivity contribution in [2.45, 2.75) is 32.7 Å². The van der Waals surface area contributed by atoms with Gasteiger partial charge < -0.3 is 14.4 Å². The second-order valence-electron chi connectivity index (χ2n) is 4.50. The second kappa shape index (κ2) is 4.20.